The molecule has 13 heteroatoms. The van der Waals surface area contributed by atoms with Gasteiger partial charge in [-0.2, -0.15) is 0 Å². The van der Waals surface area contributed by atoms with E-state index in [0.717, 1.165) is 0 Å². The number of alkyl halides is 4. The quantitative estimate of drug-likeness (QED) is 0.0841. The number of phosphoric acid groups is 1. The average Bonchev–Trinajstić information content (AvgIpc) is 2.79. The number of halogens is 4. The van der Waals surface area contributed by atoms with E-state index in [1.54, 1.807) is 0 Å². The maximum absolute atomic E-state index is 13.3. The Morgan fingerprint density at radius 3 is 1.39 bits per heavy atom. The summed E-state index contributed by atoms with van der Waals surface area (Å²) in [5, 5.41) is -1.52. The number of rotatable bonds is 19. The Morgan fingerprint density at radius 2 is 1.00 bits per heavy atom. The lowest BCUT2D eigenvalue weighted by Gasteiger charge is -2.25. The minimum atomic E-state index is -4.08. The second-order valence-corrected chi connectivity index (χ2v) is 13.5. The molecule has 0 spiro atoms. The van der Waals surface area contributed by atoms with Crippen molar-refractivity contribution >= 4 is 61.8 Å². The minimum Gasteiger partial charge on any atom is -0.426 e. The highest BCUT2D eigenvalue weighted by molar-refractivity contribution is 7.54. The summed E-state index contributed by atoms with van der Waals surface area (Å²) >= 11 is 24.5. The van der Waals surface area contributed by atoms with E-state index in [-0.39, 0.29) is 53.6 Å². The topological polar surface area (TPSA) is 80.3 Å². The zero-order chi connectivity index (χ0) is 25.7. The van der Waals surface area contributed by atoms with Crippen molar-refractivity contribution in [2.24, 2.45) is 0 Å². The molecule has 5 unspecified atom stereocenters. The van der Waals surface area contributed by atoms with Crippen LogP contribution in [0, 0.1) is 0 Å². The fourth-order valence-corrected chi connectivity index (χ4v) is 6.23. The number of phosphoric ester groups is 1. The molecule has 0 heterocycles. The molecular formula is C20H38Cl4O7P2. The molecule has 5 atom stereocenters. The van der Waals surface area contributed by atoms with Crippen molar-refractivity contribution in [3.8, 4) is 0 Å². The highest BCUT2D eigenvalue weighted by Gasteiger charge is 2.34. The zero-order valence-electron chi connectivity index (χ0n) is 20.2. The minimum absolute atomic E-state index is 0.0253. The second kappa shape index (κ2) is 17.3. The molecule has 33 heavy (non-hydrogen) atoms. The lowest BCUT2D eigenvalue weighted by molar-refractivity contribution is 0.130. The van der Waals surface area contributed by atoms with Crippen molar-refractivity contribution in [2.75, 3.05) is 26.0 Å². The van der Waals surface area contributed by atoms with Gasteiger partial charge in [0, 0.05) is 5.38 Å². The van der Waals surface area contributed by atoms with Crippen molar-refractivity contribution < 1.29 is 31.7 Å². The van der Waals surface area contributed by atoms with E-state index in [9.17, 15) is 9.13 Å². The molecule has 0 saturated carbocycles. The Labute approximate surface area is 219 Å². The SMILES string of the molecule is CCC(Cl)COP(=O)(CC(Cl)CC)O/C(C)=C(\C)OP(=O)(OCC(Cl)CC)OCC(Cl)CC. The van der Waals surface area contributed by atoms with Gasteiger partial charge in [0.15, 0.2) is 0 Å². The fraction of sp³-hybridized carbons (Fsp3) is 0.900. The molecule has 0 radical (unpaired) electrons. The Morgan fingerprint density at radius 1 is 0.636 bits per heavy atom. The van der Waals surface area contributed by atoms with Gasteiger partial charge in [0.25, 0.3) is 0 Å². The van der Waals surface area contributed by atoms with Crippen LogP contribution in [0.4, 0.5) is 0 Å². The summed E-state index contributed by atoms with van der Waals surface area (Å²) in [5.74, 6) is 0.136. The van der Waals surface area contributed by atoms with Crippen molar-refractivity contribution in [3.63, 3.8) is 0 Å². The zero-order valence-corrected chi connectivity index (χ0v) is 25.0. The predicted octanol–water partition coefficient (Wildman–Crippen LogP) is 8.69. The van der Waals surface area contributed by atoms with Crippen LogP contribution in [-0.2, 0) is 31.7 Å². The third-order valence-electron chi connectivity index (χ3n) is 4.49. The average molecular weight is 594 g/mol. The molecule has 0 aliphatic heterocycles. The third-order valence-corrected chi connectivity index (χ3v) is 9.89. The number of hydrogen-bond donors (Lipinski definition) is 0. The Balaban J connectivity index is 5.61. The summed E-state index contributed by atoms with van der Waals surface area (Å²) in [6.45, 7) is 10.4. The molecular weight excluding hydrogens is 556 g/mol. The van der Waals surface area contributed by atoms with E-state index in [4.69, 9.17) is 69.0 Å². The third kappa shape index (κ3) is 14.9. The summed E-state index contributed by atoms with van der Waals surface area (Å²) in [6.07, 6.45) is 2.38. The molecule has 198 valence electrons. The first-order valence-electron chi connectivity index (χ1n) is 11.1. The van der Waals surface area contributed by atoms with Gasteiger partial charge < -0.3 is 9.05 Å². The van der Waals surface area contributed by atoms with Crippen LogP contribution in [0.25, 0.3) is 0 Å². The van der Waals surface area contributed by atoms with E-state index < -0.39 is 20.8 Å². The van der Waals surface area contributed by atoms with Gasteiger partial charge in [-0.25, -0.2) is 9.13 Å². The summed E-state index contributed by atoms with van der Waals surface area (Å²) in [4.78, 5) is 0. The molecule has 0 rings (SSSR count). The molecule has 0 saturated heterocycles. The highest BCUT2D eigenvalue weighted by atomic mass is 35.5. The normalized spacial score (nSPS) is 20.1. The first-order chi connectivity index (χ1) is 15.3. The molecule has 0 N–H and O–H groups in total. The van der Waals surface area contributed by atoms with Gasteiger partial charge >= 0.3 is 15.4 Å². The van der Waals surface area contributed by atoms with Gasteiger partial charge in [0.05, 0.1) is 42.1 Å². The van der Waals surface area contributed by atoms with Crippen LogP contribution in [0.1, 0.15) is 67.2 Å². The van der Waals surface area contributed by atoms with Crippen LogP contribution < -0.4 is 0 Å². The summed E-state index contributed by atoms with van der Waals surface area (Å²) < 4.78 is 54.1. The van der Waals surface area contributed by atoms with Gasteiger partial charge in [-0.05, 0) is 39.5 Å². The van der Waals surface area contributed by atoms with Crippen LogP contribution in [0.15, 0.2) is 11.5 Å². The first kappa shape index (κ1) is 33.8. The van der Waals surface area contributed by atoms with Crippen molar-refractivity contribution in [1.29, 1.82) is 0 Å². The molecule has 0 aliphatic rings. The van der Waals surface area contributed by atoms with Gasteiger partial charge in [-0.3, -0.25) is 13.6 Å². The van der Waals surface area contributed by atoms with Crippen molar-refractivity contribution in [2.45, 2.75) is 88.7 Å². The molecule has 0 bridgehead atoms. The Bertz CT molecular complexity index is 663. The van der Waals surface area contributed by atoms with E-state index in [1.807, 2.05) is 27.7 Å². The molecule has 0 aromatic heterocycles. The highest BCUT2D eigenvalue weighted by Crippen LogP contribution is 2.55. The summed E-state index contributed by atoms with van der Waals surface area (Å²) in [7, 11) is -7.76. The van der Waals surface area contributed by atoms with Gasteiger partial charge in [-0.1, -0.05) is 27.7 Å². The fourth-order valence-electron chi connectivity index (χ4n) is 1.98. The lowest BCUT2D eigenvalue weighted by Crippen LogP contribution is -2.14. The molecule has 7 nitrogen and oxygen atoms in total. The van der Waals surface area contributed by atoms with Gasteiger partial charge in [0.1, 0.15) is 11.5 Å². The predicted molar refractivity (Wildman–Crippen MR) is 138 cm³/mol. The van der Waals surface area contributed by atoms with E-state index in [0.29, 0.717) is 25.7 Å². The summed E-state index contributed by atoms with van der Waals surface area (Å²) in [6, 6.07) is 0. The molecule has 0 amide bonds. The van der Waals surface area contributed by atoms with Crippen LogP contribution in [0.5, 0.6) is 0 Å². The molecule has 0 aromatic rings. The van der Waals surface area contributed by atoms with Crippen LogP contribution >= 0.6 is 61.8 Å². The first-order valence-corrected chi connectivity index (χ1v) is 16.0. The lowest BCUT2D eigenvalue weighted by atomic mass is 10.4. The van der Waals surface area contributed by atoms with E-state index in [2.05, 4.69) is 0 Å². The van der Waals surface area contributed by atoms with Gasteiger partial charge in [-0.15, -0.1) is 46.4 Å². The Kier molecular flexibility index (Phi) is 17.8. The van der Waals surface area contributed by atoms with Crippen LogP contribution in [-0.4, -0.2) is 47.5 Å². The van der Waals surface area contributed by atoms with Crippen LogP contribution in [0.3, 0.4) is 0 Å². The number of allylic oxidation sites excluding steroid dienone is 2. The summed E-state index contributed by atoms with van der Waals surface area (Å²) in [5.41, 5.74) is 0. The van der Waals surface area contributed by atoms with Crippen LogP contribution in [0.2, 0.25) is 0 Å². The molecule has 0 fully saturated rings. The van der Waals surface area contributed by atoms with E-state index >= 15 is 0 Å². The second-order valence-electron chi connectivity index (χ2n) is 7.45. The van der Waals surface area contributed by atoms with E-state index in [1.165, 1.54) is 13.8 Å². The molecule has 0 aliphatic carbocycles. The maximum atomic E-state index is 13.3. The smallest absolute Gasteiger partial charge is 0.426 e. The van der Waals surface area contributed by atoms with Gasteiger partial charge in [0.2, 0.25) is 0 Å². The maximum Gasteiger partial charge on any atom is 0.529 e. The van der Waals surface area contributed by atoms with Crippen molar-refractivity contribution in [3.05, 3.63) is 11.5 Å². The Hall–Kier alpha value is 0.840. The monoisotopic (exact) mass is 592 g/mol. The molecule has 0 aromatic carbocycles. The largest absolute Gasteiger partial charge is 0.529 e. The standard InChI is InChI=1S/C20H38Cl4O7P2/c1-7-17(21)11-27-32(25,14-20(24)10-4)30-15(5)16(6)31-33(26,28-12-18(22)8-2)29-13-19(23)9-3/h17-20H,7-14H2,1-6H3/b16-15+. The number of hydrogen-bond acceptors (Lipinski definition) is 7. The van der Waals surface area contributed by atoms with Crippen molar-refractivity contribution in [1.82, 2.24) is 0 Å².